The lowest BCUT2D eigenvalue weighted by atomic mass is 10.1. The minimum Gasteiger partial charge on any atom is -0.379 e. The number of hydrogen-bond donors (Lipinski definition) is 2. The first-order chi connectivity index (χ1) is 10.6. The second-order valence-corrected chi connectivity index (χ2v) is 5.44. The van der Waals surface area contributed by atoms with Crippen LogP contribution < -0.4 is 10.7 Å². The quantitative estimate of drug-likeness (QED) is 0.486. The number of benzene rings is 1. The summed E-state index contributed by atoms with van der Waals surface area (Å²) in [6.45, 7) is 6.97. The number of morpholine rings is 1. The molecule has 1 fully saturated rings. The second kappa shape index (κ2) is 8.77. The van der Waals surface area contributed by atoms with E-state index in [0.29, 0.717) is 10.8 Å². The lowest BCUT2D eigenvalue weighted by Gasteiger charge is -2.26. The first kappa shape index (κ1) is 16.8. The Labute approximate surface area is 135 Å². The Balaban J connectivity index is 1.71. The molecule has 7 heteroatoms. The topological polar surface area (TPSA) is 48.9 Å². The molecule has 1 aromatic rings. The predicted octanol–water partition coefficient (Wildman–Crippen LogP) is 1.35. The van der Waals surface area contributed by atoms with Crippen molar-refractivity contribution in [2.75, 3.05) is 39.4 Å². The van der Waals surface area contributed by atoms with E-state index in [1.54, 1.807) is 19.1 Å². The van der Waals surface area contributed by atoms with Gasteiger partial charge in [-0.3, -0.25) is 10.3 Å². The third-order valence-electron chi connectivity index (χ3n) is 3.38. The van der Waals surface area contributed by atoms with Gasteiger partial charge < -0.3 is 10.1 Å². The van der Waals surface area contributed by atoms with E-state index >= 15 is 0 Å². The number of hydrogen-bond acceptors (Lipinski definition) is 4. The maximum Gasteiger partial charge on any atom is 0.187 e. The summed E-state index contributed by atoms with van der Waals surface area (Å²) in [6, 6.07) is 6.30. The van der Waals surface area contributed by atoms with Crippen LogP contribution in [0.15, 0.2) is 29.4 Å². The lowest BCUT2D eigenvalue weighted by molar-refractivity contribution is 0.0389. The molecule has 1 aromatic carbocycles. The van der Waals surface area contributed by atoms with Crippen LogP contribution in [0.4, 0.5) is 4.39 Å². The summed E-state index contributed by atoms with van der Waals surface area (Å²) in [6.07, 6.45) is 0. The van der Waals surface area contributed by atoms with E-state index in [2.05, 4.69) is 20.7 Å². The van der Waals surface area contributed by atoms with Gasteiger partial charge in [-0.15, -0.1) is 0 Å². The summed E-state index contributed by atoms with van der Waals surface area (Å²) in [4.78, 5) is 2.32. The molecule has 2 rings (SSSR count). The van der Waals surface area contributed by atoms with Crippen LogP contribution in [0.3, 0.4) is 0 Å². The highest BCUT2D eigenvalue weighted by atomic mass is 32.1. The van der Waals surface area contributed by atoms with Crippen molar-refractivity contribution in [2.24, 2.45) is 5.10 Å². The van der Waals surface area contributed by atoms with Crippen LogP contribution in [0.1, 0.15) is 12.5 Å². The molecule has 0 aromatic heterocycles. The number of hydrazone groups is 1. The molecule has 1 aliphatic rings. The summed E-state index contributed by atoms with van der Waals surface area (Å²) < 4.78 is 18.4. The number of nitrogens with zero attached hydrogens (tertiary/aromatic N) is 2. The molecule has 1 heterocycles. The maximum absolute atomic E-state index is 13.1. The summed E-state index contributed by atoms with van der Waals surface area (Å²) in [5, 5.41) is 7.73. The molecule has 2 N–H and O–H groups in total. The van der Waals surface area contributed by atoms with Crippen molar-refractivity contribution in [3.63, 3.8) is 0 Å². The van der Waals surface area contributed by atoms with Gasteiger partial charge >= 0.3 is 0 Å². The molecule has 1 aliphatic heterocycles. The minimum absolute atomic E-state index is 0.279. The Morgan fingerprint density at radius 3 is 2.91 bits per heavy atom. The van der Waals surface area contributed by atoms with E-state index in [1.165, 1.54) is 12.1 Å². The molecule has 22 heavy (non-hydrogen) atoms. The van der Waals surface area contributed by atoms with Gasteiger partial charge in [0.15, 0.2) is 5.11 Å². The first-order valence-corrected chi connectivity index (χ1v) is 7.70. The fraction of sp³-hybridized carbons (Fsp3) is 0.467. The lowest BCUT2D eigenvalue weighted by Crippen LogP contribution is -2.42. The average molecular weight is 324 g/mol. The van der Waals surface area contributed by atoms with Gasteiger partial charge in [0.05, 0.1) is 18.9 Å². The van der Waals surface area contributed by atoms with Crippen LogP contribution in [0.5, 0.6) is 0 Å². The Hall–Kier alpha value is -1.57. The average Bonchev–Trinajstić information content (AvgIpc) is 2.53. The number of thiocarbonyl (C=S) groups is 1. The largest absolute Gasteiger partial charge is 0.379 e. The van der Waals surface area contributed by atoms with E-state index in [9.17, 15) is 4.39 Å². The van der Waals surface area contributed by atoms with Gasteiger partial charge in [0.1, 0.15) is 5.82 Å². The zero-order valence-electron chi connectivity index (χ0n) is 12.6. The van der Waals surface area contributed by atoms with Gasteiger partial charge in [-0.05, 0) is 31.3 Å². The molecule has 120 valence electrons. The zero-order valence-corrected chi connectivity index (χ0v) is 13.5. The van der Waals surface area contributed by atoms with Crippen LogP contribution in [0.25, 0.3) is 0 Å². The van der Waals surface area contributed by atoms with Crippen LogP contribution >= 0.6 is 12.2 Å². The van der Waals surface area contributed by atoms with E-state index in [0.717, 1.165) is 45.0 Å². The Morgan fingerprint density at radius 2 is 2.18 bits per heavy atom. The molecular weight excluding hydrogens is 303 g/mol. The van der Waals surface area contributed by atoms with Crippen molar-refractivity contribution in [2.45, 2.75) is 6.92 Å². The van der Waals surface area contributed by atoms with Crippen LogP contribution in [-0.2, 0) is 4.74 Å². The van der Waals surface area contributed by atoms with Crippen molar-refractivity contribution in [1.82, 2.24) is 15.6 Å². The molecule has 0 unspecified atom stereocenters. The SMILES string of the molecule is C/C(=N\NC(=S)NCCN1CCOCC1)c1cccc(F)c1. The molecule has 0 spiro atoms. The smallest absolute Gasteiger partial charge is 0.187 e. The fourth-order valence-electron chi connectivity index (χ4n) is 2.10. The third-order valence-corrected chi connectivity index (χ3v) is 3.62. The van der Waals surface area contributed by atoms with Gasteiger partial charge in [-0.25, -0.2) is 4.39 Å². The van der Waals surface area contributed by atoms with E-state index in [1.807, 2.05) is 0 Å². The monoisotopic (exact) mass is 324 g/mol. The third kappa shape index (κ3) is 5.67. The Bertz CT molecular complexity index is 532. The van der Waals surface area contributed by atoms with Crippen LogP contribution in [-0.4, -0.2) is 55.1 Å². The van der Waals surface area contributed by atoms with Crippen molar-refractivity contribution >= 4 is 23.0 Å². The van der Waals surface area contributed by atoms with Crippen molar-refractivity contribution in [3.8, 4) is 0 Å². The Kier molecular flexibility index (Phi) is 6.70. The van der Waals surface area contributed by atoms with E-state index in [4.69, 9.17) is 17.0 Å². The molecule has 0 amide bonds. The number of halogens is 1. The highest BCUT2D eigenvalue weighted by Gasteiger charge is 2.09. The van der Waals surface area contributed by atoms with Gasteiger partial charge in [-0.2, -0.15) is 5.10 Å². The highest BCUT2D eigenvalue weighted by Crippen LogP contribution is 2.04. The number of nitrogens with one attached hydrogen (secondary N) is 2. The van der Waals surface area contributed by atoms with Gasteiger partial charge in [0.2, 0.25) is 0 Å². The van der Waals surface area contributed by atoms with Crippen LogP contribution in [0, 0.1) is 5.82 Å². The Morgan fingerprint density at radius 1 is 1.41 bits per heavy atom. The highest BCUT2D eigenvalue weighted by molar-refractivity contribution is 7.80. The molecule has 0 atom stereocenters. The minimum atomic E-state index is -0.279. The van der Waals surface area contributed by atoms with E-state index in [-0.39, 0.29) is 5.82 Å². The van der Waals surface area contributed by atoms with Crippen LogP contribution in [0.2, 0.25) is 0 Å². The molecule has 0 radical (unpaired) electrons. The van der Waals surface area contributed by atoms with Crippen molar-refractivity contribution in [1.29, 1.82) is 0 Å². The summed E-state index contributed by atoms with van der Waals surface area (Å²) in [5.41, 5.74) is 4.18. The molecule has 0 aliphatic carbocycles. The van der Waals surface area contributed by atoms with Crippen molar-refractivity contribution < 1.29 is 9.13 Å². The second-order valence-electron chi connectivity index (χ2n) is 5.03. The van der Waals surface area contributed by atoms with Gasteiger partial charge in [0.25, 0.3) is 0 Å². The first-order valence-electron chi connectivity index (χ1n) is 7.29. The molecule has 5 nitrogen and oxygen atoms in total. The summed E-state index contributed by atoms with van der Waals surface area (Å²) in [7, 11) is 0. The summed E-state index contributed by atoms with van der Waals surface area (Å²) in [5.74, 6) is -0.279. The fourth-order valence-corrected chi connectivity index (χ4v) is 2.25. The van der Waals surface area contributed by atoms with E-state index < -0.39 is 0 Å². The number of rotatable bonds is 5. The molecule has 1 saturated heterocycles. The maximum atomic E-state index is 13.1. The molecular formula is C15H21FN4OS. The molecule has 0 bridgehead atoms. The summed E-state index contributed by atoms with van der Waals surface area (Å²) >= 11 is 5.17. The predicted molar refractivity (Wildman–Crippen MR) is 89.6 cm³/mol. The normalized spacial score (nSPS) is 16.4. The standard InChI is InChI=1S/C15H21FN4OS/c1-12(13-3-2-4-14(16)11-13)18-19-15(22)17-5-6-20-7-9-21-10-8-20/h2-4,11H,5-10H2,1H3,(H2,17,19,22)/b18-12+. The molecule has 0 saturated carbocycles. The zero-order chi connectivity index (χ0) is 15.8. The number of ether oxygens (including phenoxy) is 1. The van der Waals surface area contributed by atoms with Crippen molar-refractivity contribution in [3.05, 3.63) is 35.6 Å². The van der Waals surface area contributed by atoms with Gasteiger partial charge in [0, 0.05) is 31.7 Å². The van der Waals surface area contributed by atoms with Gasteiger partial charge in [-0.1, -0.05) is 12.1 Å².